The highest BCUT2D eigenvalue weighted by atomic mass is 16.5. The van der Waals surface area contributed by atoms with E-state index in [1.165, 1.54) is 13.8 Å². The van der Waals surface area contributed by atoms with E-state index in [1.54, 1.807) is 13.8 Å². The van der Waals surface area contributed by atoms with Gasteiger partial charge in [-0.1, -0.05) is 59.8 Å². The lowest BCUT2D eigenvalue weighted by Gasteiger charge is -2.36. The molecule has 0 aliphatic rings. The summed E-state index contributed by atoms with van der Waals surface area (Å²) < 4.78 is 0. The molecule has 0 spiro atoms. The van der Waals surface area contributed by atoms with Crippen LogP contribution in [0.15, 0.2) is 4.99 Å². The molecule has 0 saturated carbocycles. The Labute approximate surface area is 329 Å². The van der Waals surface area contributed by atoms with Crippen LogP contribution in [0, 0.1) is 11.8 Å². The molecule has 0 aliphatic heterocycles. The van der Waals surface area contributed by atoms with Crippen LogP contribution >= 0.6 is 0 Å². The molecule has 0 aromatic carbocycles. The number of aliphatic imine (C=N–C) groups is 1. The van der Waals surface area contributed by atoms with Gasteiger partial charge in [-0.25, -0.2) is 0 Å². The van der Waals surface area contributed by atoms with Crippen LogP contribution in [-0.4, -0.2) is 111 Å². The molecule has 322 valence electrons. The van der Waals surface area contributed by atoms with Crippen LogP contribution in [0.1, 0.15) is 119 Å². The van der Waals surface area contributed by atoms with Crippen molar-refractivity contribution in [2.75, 3.05) is 6.54 Å². The summed E-state index contributed by atoms with van der Waals surface area (Å²) in [5, 5.41) is 46.0. The van der Waals surface area contributed by atoms with Crippen LogP contribution in [0.3, 0.4) is 0 Å². The van der Waals surface area contributed by atoms with Crippen molar-refractivity contribution in [1.29, 1.82) is 0 Å². The topological polar surface area (TPSA) is 357 Å². The van der Waals surface area contributed by atoms with E-state index in [9.17, 15) is 48.9 Å². The number of nitrogens with two attached hydrogens (primary N) is 4. The predicted octanol–water partition coefficient (Wildman–Crippen LogP) is -2.27. The van der Waals surface area contributed by atoms with Gasteiger partial charge < -0.3 is 64.8 Å². The molecule has 0 bridgehead atoms. The van der Waals surface area contributed by atoms with Crippen molar-refractivity contribution in [1.82, 2.24) is 26.6 Å². The van der Waals surface area contributed by atoms with Gasteiger partial charge in [0.15, 0.2) is 11.7 Å². The number of carbonyl (C=O) groups is 7. The molecular formula is C36H68N10O10. The summed E-state index contributed by atoms with van der Waals surface area (Å²) in [5.74, 6) is -9.78. The highest BCUT2D eigenvalue weighted by Crippen LogP contribution is 2.26. The molecule has 20 heteroatoms. The average molecular weight is 801 g/mol. The molecule has 8 atom stereocenters. The number of aliphatic hydroxyl groups excluding tert-OH is 1. The van der Waals surface area contributed by atoms with Crippen molar-refractivity contribution < 1.29 is 48.9 Å². The fraction of sp³-hybridized carbons (Fsp3) is 0.778. The lowest BCUT2D eigenvalue weighted by atomic mass is 9.87. The molecule has 0 rings (SSSR count). The third-order valence-corrected chi connectivity index (χ3v) is 9.38. The van der Waals surface area contributed by atoms with E-state index in [4.69, 9.17) is 22.9 Å². The van der Waals surface area contributed by atoms with Crippen molar-refractivity contribution in [3.8, 4) is 0 Å². The molecule has 0 unspecified atom stereocenters. The van der Waals surface area contributed by atoms with E-state index in [1.807, 2.05) is 13.8 Å². The van der Waals surface area contributed by atoms with E-state index in [2.05, 4.69) is 31.6 Å². The molecule has 0 aromatic rings. The van der Waals surface area contributed by atoms with Crippen LogP contribution in [0.5, 0.6) is 0 Å². The van der Waals surface area contributed by atoms with E-state index < -0.39 is 102 Å². The third kappa shape index (κ3) is 19.9. The van der Waals surface area contributed by atoms with Gasteiger partial charge in [0.25, 0.3) is 0 Å². The number of primary amides is 2. The predicted molar refractivity (Wildman–Crippen MR) is 208 cm³/mol. The Kier molecular flexibility index (Phi) is 24.2. The average Bonchev–Trinajstić information content (AvgIpc) is 3.11. The van der Waals surface area contributed by atoms with Crippen LogP contribution in [-0.2, 0) is 33.6 Å². The standard InChI is InChI=1S/C36H68N10O10/c1-7-10-13-23(31(51)44-25(16-17-27(37)49)32(52)43-24(30(38)50)14-12-18-41-35(39)40)19-36(55,56)26(15-11-8-2)45-33(53)28(20(4)9-3)46-34(54)29(21(5)47)42-22(6)48/h20-21,23-26,28-29,47,55-56H,7-19H2,1-6H3,(H2,37,49)(H2,38,50)(H,42,48)(H,43,52)(H,44,51)(H,45,53)(H,46,54)(H4,39,40,41)/t20-,21+,23+,24-,25-,26-,28-,29-/m0/s1. The second kappa shape index (κ2) is 26.3. The summed E-state index contributed by atoms with van der Waals surface area (Å²) in [5.41, 5.74) is 21.5. The number of hydrogen-bond donors (Lipinski definition) is 12. The smallest absolute Gasteiger partial charge is 0.245 e. The SMILES string of the molecule is CCCC[C@H](CC(O)(O)[C@H](CCCC)NC(=O)[C@@H](NC(=O)[C@@H](NC(C)=O)[C@@H](C)O)[C@@H](C)CC)C(=O)N[C@@H](CCC(N)=O)C(=O)N[C@@H](CCCN=C(N)N)C(N)=O. The summed E-state index contributed by atoms with van der Waals surface area (Å²) in [7, 11) is 0. The van der Waals surface area contributed by atoms with Gasteiger partial charge in [-0.05, 0) is 44.9 Å². The van der Waals surface area contributed by atoms with Crippen LogP contribution in [0.4, 0.5) is 0 Å². The van der Waals surface area contributed by atoms with E-state index >= 15 is 0 Å². The maximum absolute atomic E-state index is 13.8. The fourth-order valence-electron chi connectivity index (χ4n) is 5.85. The Hall–Kier alpha value is -4.56. The number of aliphatic hydroxyl groups is 3. The van der Waals surface area contributed by atoms with Gasteiger partial charge in [0.2, 0.25) is 41.4 Å². The number of unbranched alkanes of at least 4 members (excludes halogenated alkanes) is 2. The molecule has 56 heavy (non-hydrogen) atoms. The monoisotopic (exact) mass is 801 g/mol. The third-order valence-electron chi connectivity index (χ3n) is 9.38. The first-order chi connectivity index (χ1) is 26.1. The molecule has 0 aromatic heterocycles. The van der Waals surface area contributed by atoms with Crippen molar-refractivity contribution in [2.45, 2.75) is 161 Å². The zero-order valence-corrected chi connectivity index (χ0v) is 33.8. The Morgan fingerprint density at radius 2 is 1.25 bits per heavy atom. The lowest BCUT2D eigenvalue weighted by Crippen LogP contribution is -2.62. The number of nitrogens with one attached hydrogen (secondary N) is 5. The molecule has 0 heterocycles. The quantitative estimate of drug-likeness (QED) is 0.0165. The molecule has 0 saturated heterocycles. The summed E-state index contributed by atoms with van der Waals surface area (Å²) in [6.07, 6.45) is 0.688. The largest absolute Gasteiger partial charge is 0.391 e. The van der Waals surface area contributed by atoms with Gasteiger partial charge in [0.05, 0.1) is 12.1 Å². The Morgan fingerprint density at radius 1 is 0.679 bits per heavy atom. The minimum absolute atomic E-state index is 0.0634. The van der Waals surface area contributed by atoms with Gasteiger partial charge in [0, 0.05) is 32.2 Å². The van der Waals surface area contributed by atoms with Gasteiger partial charge in [-0.15, -0.1) is 0 Å². The van der Waals surface area contributed by atoms with Crippen LogP contribution in [0.25, 0.3) is 0 Å². The van der Waals surface area contributed by atoms with Crippen LogP contribution in [0.2, 0.25) is 0 Å². The first-order valence-corrected chi connectivity index (χ1v) is 19.4. The van der Waals surface area contributed by atoms with Crippen molar-refractivity contribution in [2.24, 2.45) is 39.8 Å². The van der Waals surface area contributed by atoms with Crippen molar-refractivity contribution >= 4 is 47.3 Å². The van der Waals surface area contributed by atoms with Gasteiger partial charge in [0.1, 0.15) is 24.2 Å². The van der Waals surface area contributed by atoms with Crippen molar-refractivity contribution in [3.05, 3.63) is 0 Å². The Morgan fingerprint density at radius 3 is 1.75 bits per heavy atom. The van der Waals surface area contributed by atoms with Gasteiger partial charge in [-0.3, -0.25) is 38.6 Å². The maximum atomic E-state index is 13.8. The second-order valence-corrected chi connectivity index (χ2v) is 14.4. The number of carbonyl (C=O) groups excluding carboxylic acids is 7. The molecule has 7 amide bonds. The molecular weight excluding hydrogens is 732 g/mol. The minimum atomic E-state index is -2.68. The van der Waals surface area contributed by atoms with E-state index in [0.29, 0.717) is 32.1 Å². The number of amides is 7. The summed E-state index contributed by atoms with van der Waals surface area (Å²) in [6, 6.07) is -6.44. The zero-order chi connectivity index (χ0) is 43.2. The van der Waals surface area contributed by atoms with Gasteiger partial charge >= 0.3 is 0 Å². The summed E-state index contributed by atoms with van der Waals surface area (Å²) in [4.78, 5) is 93.5. The molecule has 0 fully saturated rings. The molecule has 0 aliphatic carbocycles. The second-order valence-electron chi connectivity index (χ2n) is 14.4. The Balaban J connectivity index is 6.43. The number of hydrogen-bond acceptors (Lipinski definition) is 11. The van der Waals surface area contributed by atoms with Crippen LogP contribution < -0.4 is 49.5 Å². The number of guanidine groups is 1. The molecule has 16 N–H and O–H groups in total. The fourth-order valence-corrected chi connectivity index (χ4v) is 5.85. The first kappa shape index (κ1) is 51.4. The lowest BCUT2D eigenvalue weighted by molar-refractivity contribution is -0.200. The number of nitrogens with zero attached hydrogens (tertiary/aromatic N) is 1. The normalized spacial score (nSPS) is 15.7. The number of rotatable bonds is 29. The highest BCUT2D eigenvalue weighted by Gasteiger charge is 2.42. The summed E-state index contributed by atoms with van der Waals surface area (Å²) in [6.45, 7) is 9.83. The minimum Gasteiger partial charge on any atom is -0.391 e. The van der Waals surface area contributed by atoms with E-state index in [0.717, 1.165) is 0 Å². The Bertz CT molecular complexity index is 1330. The van der Waals surface area contributed by atoms with Gasteiger partial charge in [-0.2, -0.15) is 0 Å². The van der Waals surface area contributed by atoms with E-state index in [-0.39, 0.29) is 51.0 Å². The maximum Gasteiger partial charge on any atom is 0.245 e. The molecule has 20 nitrogen and oxygen atoms in total. The van der Waals surface area contributed by atoms with Crippen molar-refractivity contribution in [3.63, 3.8) is 0 Å². The highest BCUT2D eigenvalue weighted by molar-refractivity contribution is 5.93. The molecule has 0 radical (unpaired) electrons. The summed E-state index contributed by atoms with van der Waals surface area (Å²) >= 11 is 0. The first-order valence-electron chi connectivity index (χ1n) is 19.4. The zero-order valence-electron chi connectivity index (χ0n) is 33.8.